The van der Waals surface area contributed by atoms with Crippen LogP contribution in [-0.2, 0) is 16.1 Å². The number of nitrogens with one attached hydrogen (secondary N) is 1. The van der Waals surface area contributed by atoms with Gasteiger partial charge in [-0.15, -0.1) is 0 Å². The predicted molar refractivity (Wildman–Crippen MR) is 105 cm³/mol. The molecule has 0 bridgehead atoms. The fraction of sp³-hybridized carbons (Fsp3) is 0.143. The number of carbonyl (C=O) groups excluding carboxylic acids is 1. The summed E-state index contributed by atoms with van der Waals surface area (Å²) in [5.74, 6) is -0.812. The number of hydrogen-bond donors (Lipinski definition) is 1. The van der Waals surface area contributed by atoms with Crippen molar-refractivity contribution in [3.63, 3.8) is 0 Å². The van der Waals surface area contributed by atoms with E-state index < -0.39 is 5.97 Å². The van der Waals surface area contributed by atoms with Crippen molar-refractivity contribution in [2.75, 3.05) is 7.11 Å². The number of aryl methyl sites for hydroxylation is 1. The number of H-pyrrole nitrogens is 1. The largest absolute Gasteiger partial charge is 0.468 e. The molecular weight excluding hydrogens is 373 g/mol. The molecule has 0 atom stereocenters. The maximum Gasteiger partial charge on any atom is 0.327 e. The molecule has 0 radical (unpaired) electrons. The molecule has 4 rings (SSSR count). The topological polar surface area (TPSA) is 85.7 Å². The Labute approximate surface area is 166 Å². The molecule has 1 aromatic carbocycles. The number of aromatic nitrogens is 5. The monoisotopic (exact) mass is 391 g/mol. The first-order chi connectivity index (χ1) is 14.0. The number of methoxy groups -OCH3 is 1. The Morgan fingerprint density at radius 3 is 2.83 bits per heavy atom. The lowest BCUT2D eigenvalue weighted by Gasteiger charge is -2.07. The van der Waals surface area contributed by atoms with Crippen molar-refractivity contribution in [3.8, 4) is 33.6 Å². The van der Waals surface area contributed by atoms with Gasteiger partial charge in [0.2, 0.25) is 0 Å². The number of halogens is 1. The third-order valence-electron chi connectivity index (χ3n) is 4.52. The molecule has 0 amide bonds. The number of rotatable bonds is 5. The average molecular weight is 391 g/mol. The molecule has 0 aliphatic carbocycles. The van der Waals surface area contributed by atoms with Gasteiger partial charge in [0.05, 0.1) is 30.9 Å². The minimum absolute atomic E-state index is 0.0390. The second kappa shape index (κ2) is 7.67. The molecule has 0 fully saturated rings. The Morgan fingerprint density at radius 2 is 2.03 bits per heavy atom. The Kier molecular flexibility index (Phi) is 4.90. The van der Waals surface area contributed by atoms with Crippen molar-refractivity contribution >= 4 is 5.97 Å². The lowest BCUT2D eigenvalue weighted by Crippen LogP contribution is -2.11. The highest BCUT2D eigenvalue weighted by atomic mass is 19.1. The van der Waals surface area contributed by atoms with Crippen LogP contribution in [0.2, 0.25) is 0 Å². The van der Waals surface area contributed by atoms with Crippen molar-refractivity contribution in [2.45, 2.75) is 13.5 Å². The summed E-state index contributed by atoms with van der Waals surface area (Å²) in [6.07, 6.45) is 4.82. The second-order valence-electron chi connectivity index (χ2n) is 6.52. The summed E-state index contributed by atoms with van der Waals surface area (Å²) in [5.41, 5.74) is 4.94. The maximum atomic E-state index is 14.5. The van der Waals surface area contributed by atoms with E-state index in [1.54, 1.807) is 24.5 Å². The first-order valence-corrected chi connectivity index (χ1v) is 8.92. The third-order valence-corrected chi connectivity index (χ3v) is 4.52. The van der Waals surface area contributed by atoms with E-state index in [2.05, 4.69) is 25.0 Å². The Hall–Kier alpha value is -3.81. The molecule has 0 unspecified atom stereocenters. The summed E-state index contributed by atoms with van der Waals surface area (Å²) < 4.78 is 20.6. The first-order valence-electron chi connectivity index (χ1n) is 8.92. The van der Waals surface area contributed by atoms with Gasteiger partial charge in [-0.2, -0.15) is 10.2 Å². The predicted octanol–water partition coefficient (Wildman–Crippen LogP) is 3.62. The number of ether oxygens (including phenoxy) is 1. The summed E-state index contributed by atoms with van der Waals surface area (Å²) >= 11 is 0. The molecule has 4 aromatic rings. The lowest BCUT2D eigenvalue weighted by atomic mass is 9.99. The molecule has 7 nitrogen and oxygen atoms in total. The summed E-state index contributed by atoms with van der Waals surface area (Å²) in [6, 6.07) is 10.6. The lowest BCUT2D eigenvalue weighted by molar-refractivity contribution is -0.141. The Bertz CT molecular complexity index is 1180. The number of pyridine rings is 1. The van der Waals surface area contributed by atoms with Crippen molar-refractivity contribution in [1.29, 1.82) is 0 Å². The van der Waals surface area contributed by atoms with E-state index in [0.29, 0.717) is 11.1 Å². The highest BCUT2D eigenvalue weighted by Crippen LogP contribution is 2.33. The van der Waals surface area contributed by atoms with Crippen LogP contribution < -0.4 is 0 Å². The van der Waals surface area contributed by atoms with E-state index in [-0.39, 0.29) is 12.4 Å². The number of esters is 1. The molecule has 1 N–H and O–H groups in total. The molecule has 0 saturated heterocycles. The van der Waals surface area contributed by atoms with Gasteiger partial charge in [0.15, 0.2) is 0 Å². The first kappa shape index (κ1) is 18.5. The number of hydrogen-bond acceptors (Lipinski definition) is 5. The quantitative estimate of drug-likeness (QED) is 0.525. The Morgan fingerprint density at radius 1 is 1.17 bits per heavy atom. The van der Waals surface area contributed by atoms with Gasteiger partial charge in [-0.05, 0) is 36.8 Å². The van der Waals surface area contributed by atoms with Crippen LogP contribution in [0.4, 0.5) is 4.39 Å². The van der Waals surface area contributed by atoms with Crippen LogP contribution in [0.5, 0.6) is 0 Å². The van der Waals surface area contributed by atoms with Gasteiger partial charge in [-0.3, -0.25) is 19.6 Å². The van der Waals surface area contributed by atoms with E-state index in [0.717, 1.165) is 28.2 Å². The number of benzene rings is 1. The van der Waals surface area contributed by atoms with Gasteiger partial charge < -0.3 is 4.74 Å². The van der Waals surface area contributed by atoms with Gasteiger partial charge in [-0.1, -0.05) is 12.1 Å². The fourth-order valence-corrected chi connectivity index (χ4v) is 3.08. The smallest absolute Gasteiger partial charge is 0.327 e. The normalized spacial score (nSPS) is 10.9. The molecule has 3 heterocycles. The molecule has 0 aliphatic rings. The standard InChI is InChI=1S/C21H18FN5O2/c1-13-4-3-5-19(25-13)21-17(10-23-26-21)14-6-7-18(22)16(8-14)15-9-24-27(11-15)12-20(28)29-2/h3-11H,12H2,1-2H3,(H,23,26). The number of carbonyl (C=O) groups is 1. The van der Waals surface area contributed by atoms with E-state index in [1.807, 2.05) is 25.1 Å². The zero-order valence-electron chi connectivity index (χ0n) is 15.9. The molecule has 0 spiro atoms. The highest BCUT2D eigenvalue weighted by molar-refractivity contribution is 5.81. The molecule has 8 heteroatoms. The van der Waals surface area contributed by atoms with Crippen LogP contribution in [0.25, 0.3) is 33.6 Å². The van der Waals surface area contributed by atoms with Gasteiger partial charge in [0, 0.05) is 28.6 Å². The zero-order chi connectivity index (χ0) is 20.4. The van der Waals surface area contributed by atoms with E-state index in [4.69, 9.17) is 0 Å². The van der Waals surface area contributed by atoms with Gasteiger partial charge in [0.1, 0.15) is 12.4 Å². The van der Waals surface area contributed by atoms with E-state index in [9.17, 15) is 9.18 Å². The van der Waals surface area contributed by atoms with Crippen LogP contribution >= 0.6 is 0 Å². The summed E-state index contributed by atoms with van der Waals surface area (Å²) in [6.45, 7) is 1.88. The summed E-state index contributed by atoms with van der Waals surface area (Å²) in [4.78, 5) is 16.0. The molecule has 0 saturated carbocycles. The van der Waals surface area contributed by atoms with Crippen molar-refractivity contribution in [1.82, 2.24) is 25.0 Å². The highest BCUT2D eigenvalue weighted by Gasteiger charge is 2.15. The van der Waals surface area contributed by atoms with Crippen molar-refractivity contribution < 1.29 is 13.9 Å². The summed E-state index contributed by atoms with van der Waals surface area (Å²) in [5, 5.41) is 11.2. The van der Waals surface area contributed by atoms with E-state index >= 15 is 0 Å². The van der Waals surface area contributed by atoms with Crippen LogP contribution in [-0.4, -0.2) is 38.0 Å². The van der Waals surface area contributed by atoms with Gasteiger partial charge >= 0.3 is 5.97 Å². The molecule has 0 aliphatic heterocycles. The minimum Gasteiger partial charge on any atom is -0.468 e. The third kappa shape index (κ3) is 3.77. The average Bonchev–Trinajstić information content (AvgIpc) is 3.38. The van der Waals surface area contributed by atoms with Crippen molar-refractivity contribution in [2.24, 2.45) is 0 Å². The van der Waals surface area contributed by atoms with Gasteiger partial charge in [0.25, 0.3) is 0 Å². The van der Waals surface area contributed by atoms with Crippen LogP contribution in [0.1, 0.15) is 5.69 Å². The summed E-state index contributed by atoms with van der Waals surface area (Å²) in [7, 11) is 1.31. The van der Waals surface area contributed by atoms with E-state index in [1.165, 1.54) is 24.1 Å². The van der Waals surface area contributed by atoms with Crippen LogP contribution in [0, 0.1) is 12.7 Å². The Balaban J connectivity index is 1.72. The molecule has 146 valence electrons. The van der Waals surface area contributed by atoms with Gasteiger partial charge in [-0.25, -0.2) is 4.39 Å². The fourth-order valence-electron chi connectivity index (χ4n) is 3.08. The van der Waals surface area contributed by atoms with Crippen LogP contribution in [0.15, 0.2) is 55.0 Å². The number of nitrogens with zero attached hydrogens (tertiary/aromatic N) is 4. The molecular formula is C21H18FN5O2. The molecule has 3 aromatic heterocycles. The van der Waals surface area contributed by atoms with Crippen molar-refractivity contribution in [3.05, 3.63) is 66.5 Å². The second-order valence-corrected chi connectivity index (χ2v) is 6.52. The SMILES string of the molecule is COC(=O)Cn1cc(-c2cc(-c3cn[nH]c3-c3cccc(C)n3)ccc2F)cn1. The minimum atomic E-state index is -0.428. The molecule has 29 heavy (non-hydrogen) atoms. The van der Waals surface area contributed by atoms with Crippen LogP contribution in [0.3, 0.4) is 0 Å². The zero-order valence-corrected chi connectivity index (χ0v) is 15.9. The maximum absolute atomic E-state index is 14.5. The number of aromatic amines is 1.